The topological polar surface area (TPSA) is 102 Å². The first-order chi connectivity index (χ1) is 17.0. The molecule has 8 nitrogen and oxygen atoms in total. The lowest BCUT2D eigenvalue weighted by atomic mass is 9.90. The highest BCUT2D eigenvalue weighted by Gasteiger charge is 2.35. The number of halogens is 1. The Balaban J connectivity index is 1.27. The third-order valence-corrected chi connectivity index (χ3v) is 8.60. The van der Waals surface area contributed by atoms with Gasteiger partial charge in [0.2, 0.25) is 5.95 Å². The molecule has 3 aromatic rings. The van der Waals surface area contributed by atoms with Crippen LogP contribution in [0.25, 0.3) is 0 Å². The minimum absolute atomic E-state index is 0.0258. The standard InChI is InChI=1S/C25H27ClN6O2S/c26-22-9-16(7-8-27-22)30-25-31-29-13-32(25)17-5-6-20-18(10-17)23(24(34)28-12-14-1-2-14)21(35-20)11-19(33)15-3-4-15/h7-9,13-15,17H,1-6,10-12H2,(H,28,34)(H,27,30,31)/t17-/m0/s1. The monoisotopic (exact) mass is 510 g/mol. The first-order valence-electron chi connectivity index (χ1n) is 12.3. The van der Waals surface area contributed by atoms with Crippen LogP contribution >= 0.6 is 22.9 Å². The Morgan fingerprint density at radius 3 is 2.83 bits per heavy atom. The van der Waals surface area contributed by atoms with Crippen LogP contribution in [-0.4, -0.2) is 38.0 Å². The van der Waals surface area contributed by atoms with E-state index in [1.165, 1.54) is 17.7 Å². The van der Waals surface area contributed by atoms with E-state index >= 15 is 0 Å². The molecule has 3 heterocycles. The second kappa shape index (κ2) is 9.35. The number of anilines is 2. The van der Waals surface area contributed by atoms with Gasteiger partial charge < -0.3 is 10.6 Å². The number of nitrogens with zero attached hydrogens (tertiary/aromatic N) is 4. The van der Waals surface area contributed by atoms with E-state index < -0.39 is 0 Å². The molecule has 2 fully saturated rings. The SMILES string of the molecule is O=C(NCC1CC1)c1c(CC(=O)C2CC2)sc2c1C[C@@H](n1cnnc1Nc1ccnc(Cl)c1)CC2. The predicted molar refractivity (Wildman–Crippen MR) is 134 cm³/mol. The Morgan fingerprint density at radius 1 is 1.20 bits per heavy atom. The second-order valence-electron chi connectivity index (χ2n) is 9.82. The highest BCUT2D eigenvalue weighted by molar-refractivity contribution is 7.12. The molecule has 0 unspecified atom stereocenters. The van der Waals surface area contributed by atoms with Crippen molar-refractivity contribution in [2.45, 2.75) is 57.4 Å². The van der Waals surface area contributed by atoms with Crippen LogP contribution in [0.2, 0.25) is 5.15 Å². The van der Waals surface area contributed by atoms with Crippen molar-refractivity contribution in [1.82, 2.24) is 25.1 Å². The summed E-state index contributed by atoms with van der Waals surface area (Å²) in [6.45, 7) is 0.719. The Bertz CT molecular complexity index is 1280. The van der Waals surface area contributed by atoms with E-state index in [9.17, 15) is 9.59 Å². The van der Waals surface area contributed by atoms with Crippen molar-refractivity contribution < 1.29 is 9.59 Å². The number of nitrogens with one attached hydrogen (secondary N) is 2. The van der Waals surface area contributed by atoms with Gasteiger partial charge in [-0.2, -0.15) is 0 Å². The maximum atomic E-state index is 13.4. The van der Waals surface area contributed by atoms with E-state index in [2.05, 4.69) is 25.8 Å². The number of carbonyl (C=O) groups is 2. The number of carbonyl (C=O) groups excluding carboxylic acids is 2. The van der Waals surface area contributed by atoms with Crippen molar-refractivity contribution in [2.24, 2.45) is 11.8 Å². The molecule has 1 atom stereocenters. The van der Waals surface area contributed by atoms with Crippen LogP contribution in [0.4, 0.5) is 11.6 Å². The summed E-state index contributed by atoms with van der Waals surface area (Å²) in [6, 6.07) is 3.67. The number of pyridine rings is 1. The Labute approximate surface area is 212 Å². The van der Waals surface area contributed by atoms with Crippen LogP contribution in [0, 0.1) is 11.8 Å². The van der Waals surface area contributed by atoms with E-state index in [0.717, 1.165) is 53.9 Å². The van der Waals surface area contributed by atoms with Crippen molar-refractivity contribution in [2.75, 3.05) is 11.9 Å². The molecule has 0 bridgehead atoms. The fraction of sp³-hybridized carbons (Fsp3) is 0.480. The summed E-state index contributed by atoms with van der Waals surface area (Å²) in [7, 11) is 0. The summed E-state index contributed by atoms with van der Waals surface area (Å²) in [5.41, 5.74) is 2.62. The number of rotatable bonds is 9. The molecule has 1 amide bonds. The van der Waals surface area contributed by atoms with Crippen LogP contribution in [0.1, 0.15) is 63.8 Å². The molecular formula is C25H27ClN6O2S. The summed E-state index contributed by atoms with van der Waals surface area (Å²) in [5.74, 6) is 1.67. The lowest BCUT2D eigenvalue weighted by molar-refractivity contribution is -0.119. The fourth-order valence-electron chi connectivity index (χ4n) is 4.81. The zero-order valence-corrected chi connectivity index (χ0v) is 20.9. The molecule has 0 saturated heterocycles. The molecule has 182 valence electrons. The first kappa shape index (κ1) is 22.7. The predicted octanol–water partition coefficient (Wildman–Crippen LogP) is 4.52. The van der Waals surface area contributed by atoms with Crippen LogP contribution in [0.3, 0.4) is 0 Å². The van der Waals surface area contributed by atoms with E-state index in [-0.39, 0.29) is 23.7 Å². The van der Waals surface area contributed by atoms with Gasteiger partial charge in [-0.05, 0) is 68.6 Å². The van der Waals surface area contributed by atoms with Crippen molar-refractivity contribution in [3.05, 3.63) is 50.7 Å². The molecule has 0 spiro atoms. The summed E-state index contributed by atoms with van der Waals surface area (Å²) < 4.78 is 2.04. The number of aromatic nitrogens is 4. The lowest BCUT2D eigenvalue weighted by Crippen LogP contribution is -2.28. The number of thiophene rings is 1. The van der Waals surface area contributed by atoms with Gasteiger partial charge in [0.1, 0.15) is 17.3 Å². The molecule has 2 N–H and O–H groups in total. The van der Waals surface area contributed by atoms with Crippen LogP contribution < -0.4 is 10.6 Å². The van der Waals surface area contributed by atoms with Crippen LogP contribution in [0.5, 0.6) is 0 Å². The quantitative estimate of drug-likeness (QED) is 0.410. The smallest absolute Gasteiger partial charge is 0.252 e. The zero-order valence-electron chi connectivity index (χ0n) is 19.3. The molecule has 3 aliphatic rings. The average molecular weight is 511 g/mol. The van der Waals surface area contributed by atoms with E-state index in [1.54, 1.807) is 29.9 Å². The molecule has 0 radical (unpaired) electrons. The second-order valence-corrected chi connectivity index (χ2v) is 11.4. The van der Waals surface area contributed by atoms with Gasteiger partial charge in [-0.3, -0.25) is 14.2 Å². The Hall–Kier alpha value is -2.78. The molecule has 0 aromatic carbocycles. The van der Waals surface area contributed by atoms with E-state index in [4.69, 9.17) is 11.6 Å². The third kappa shape index (κ3) is 4.97. The summed E-state index contributed by atoms with van der Waals surface area (Å²) >= 11 is 7.69. The van der Waals surface area contributed by atoms with Gasteiger partial charge >= 0.3 is 0 Å². The van der Waals surface area contributed by atoms with Crippen molar-refractivity contribution >= 4 is 46.3 Å². The van der Waals surface area contributed by atoms with Gasteiger partial charge in [0.15, 0.2) is 0 Å². The van der Waals surface area contributed by atoms with Gasteiger partial charge in [-0.25, -0.2) is 4.98 Å². The minimum atomic E-state index is -0.0258. The largest absolute Gasteiger partial charge is 0.352 e. The number of hydrogen-bond acceptors (Lipinski definition) is 7. The van der Waals surface area contributed by atoms with Crippen LogP contribution in [-0.2, 0) is 24.1 Å². The fourth-order valence-corrected chi connectivity index (χ4v) is 6.34. The van der Waals surface area contributed by atoms with Gasteiger partial charge in [-0.15, -0.1) is 21.5 Å². The van der Waals surface area contributed by atoms with Gasteiger partial charge in [-0.1, -0.05) is 11.6 Å². The highest BCUT2D eigenvalue weighted by atomic mass is 35.5. The van der Waals surface area contributed by atoms with Crippen molar-refractivity contribution in [3.8, 4) is 0 Å². The zero-order chi connectivity index (χ0) is 23.9. The van der Waals surface area contributed by atoms with Gasteiger partial charge in [0.25, 0.3) is 5.91 Å². The number of fused-ring (bicyclic) bond motifs is 1. The third-order valence-electron chi connectivity index (χ3n) is 7.10. The molecule has 10 heteroatoms. The van der Waals surface area contributed by atoms with Gasteiger partial charge in [0.05, 0.1) is 5.56 Å². The Kier molecular flexibility index (Phi) is 6.06. The summed E-state index contributed by atoms with van der Waals surface area (Å²) in [6.07, 6.45) is 10.6. The normalized spacial score (nSPS) is 19.3. The summed E-state index contributed by atoms with van der Waals surface area (Å²) in [5, 5.41) is 15.2. The molecule has 6 rings (SSSR count). The maximum Gasteiger partial charge on any atom is 0.252 e. The number of amides is 1. The molecular weight excluding hydrogens is 484 g/mol. The number of ketones is 1. The lowest BCUT2D eigenvalue weighted by Gasteiger charge is -2.25. The highest BCUT2D eigenvalue weighted by Crippen LogP contribution is 2.41. The Morgan fingerprint density at radius 2 is 2.06 bits per heavy atom. The molecule has 2 saturated carbocycles. The molecule has 3 aromatic heterocycles. The van der Waals surface area contributed by atoms with E-state index in [0.29, 0.717) is 29.9 Å². The minimum Gasteiger partial charge on any atom is -0.352 e. The number of aryl methyl sites for hydroxylation is 1. The van der Waals surface area contributed by atoms with Crippen molar-refractivity contribution in [3.63, 3.8) is 0 Å². The molecule has 3 aliphatic carbocycles. The number of Topliss-reactive ketones (excluding diaryl/α,β-unsaturated/α-hetero) is 1. The van der Waals surface area contributed by atoms with Gasteiger partial charge in [0, 0.05) is 46.6 Å². The van der Waals surface area contributed by atoms with E-state index in [1.807, 2.05) is 10.6 Å². The molecule has 0 aliphatic heterocycles. The van der Waals surface area contributed by atoms with Crippen LogP contribution in [0.15, 0.2) is 24.7 Å². The van der Waals surface area contributed by atoms with Crippen molar-refractivity contribution in [1.29, 1.82) is 0 Å². The molecule has 35 heavy (non-hydrogen) atoms. The maximum absolute atomic E-state index is 13.4. The summed E-state index contributed by atoms with van der Waals surface area (Å²) in [4.78, 5) is 32.2. The number of hydrogen-bond donors (Lipinski definition) is 2. The average Bonchev–Trinajstić information content (AvgIpc) is 3.77. The first-order valence-corrected chi connectivity index (χ1v) is 13.5.